The molecule has 0 aromatic carbocycles. The number of aromatic nitrogens is 1. The molecule has 2 heterocycles. The Labute approximate surface area is 99.7 Å². The van der Waals surface area contributed by atoms with Gasteiger partial charge < -0.3 is 9.73 Å². The smallest absolute Gasteiger partial charge is 0.141 e. The fourth-order valence-corrected chi connectivity index (χ4v) is 1.80. The van der Waals surface area contributed by atoms with Crippen LogP contribution in [0.2, 0.25) is 0 Å². The highest BCUT2D eigenvalue weighted by atomic mass is 19.1. The predicted molar refractivity (Wildman–Crippen MR) is 63.2 cm³/mol. The lowest BCUT2D eigenvalue weighted by Gasteiger charge is -2.13. The number of hydrogen-bond donors (Lipinski definition) is 1. The molecule has 2 rings (SSSR count). The lowest BCUT2D eigenvalue weighted by atomic mass is 10.1. The van der Waals surface area contributed by atoms with E-state index in [-0.39, 0.29) is 11.9 Å². The van der Waals surface area contributed by atoms with Gasteiger partial charge in [0.2, 0.25) is 0 Å². The monoisotopic (exact) mass is 234 g/mol. The van der Waals surface area contributed by atoms with Crippen molar-refractivity contribution in [2.45, 2.75) is 19.4 Å². The molecular weight excluding hydrogens is 219 g/mol. The highest BCUT2D eigenvalue weighted by Crippen LogP contribution is 2.23. The molecule has 0 aliphatic heterocycles. The van der Waals surface area contributed by atoms with Gasteiger partial charge >= 0.3 is 0 Å². The van der Waals surface area contributed by atoms with Crippen LogP contribution in [-0.4, -0.2) is 12.0 Å². The molecule has 0 amide bonds. The minimum Gasteiger partial charge on any atom is -0.464 e. The number of pyridine rings is 1. The lowest BCUT2D eigenvalue weighted by molar-refractivity contribution is 0.432. The topological polar surface area (TPSA) is 38.1 Å². The zero-order chi connectivity index (χ0) is 12.3. The number of nitrogens with one attached hydrogen (secondary N) is 1. The fraction of sp³-hybridized carbons (Fsp3) is 0.308. The summed E-state index contributed by atoms with van der Waals surface area (Å²) in [5.41, 5.74) is 0.754. The van der Waals surface area contributed by atoms with Crippen LogP contribution in [0.25, 0.3) is 0 Å². The Bertz CT molecular complexity index is 496. The Morgan fingerprint density at radius 3 is 2.82 bits per heavy atom. The molecule has 90 valence electrons. The zero-order valence-electron chi connectivity index (χ0n) is 9.90. The Kier molecular flexibility index (Phi) is 3.54. The summed E-state index contributed by atoms with van der Waals surface area (Å²) in [6.45, 7) is 2.03. The van der Waals surface area contributed by atoms with Crippen molar-refractivity contribution in [3.05, 3.63) is 53.5 Å². The first-order chi connectivity index (χ1) is 8.24. The first kappa shape index (κ1) is 11.8. The third kappa shape index (κ3) is 2.53. The molecule has 2 aromatic rings. The van der Waals surface area contributed by atoms with Crippen molar-refractivity contribution in [3.8, 4) is 0 Å². The van der Waals surface area contributed by atoms with Gasteiger partial charge in [-0.3, -0.25) is 4.98 Å². The first-order valence-corrected chi connectivity index (χ1v) is 5.61. The van der Waals surface area contributed by atoms with E-state index >= 15 is 0 Å². The summed E-state index contributed by atoms with van der Waals surface area (Å²) in [6.07, 6.45) is 3.67. The van der Waals surface area contributed by atoms with Gasteiger partial charge in [-0.05, 0) is 30.8 Å². The van der Waals surface area contributed by atoms with E-state index in [1.807, 2.05) is 26.1 Å². The van der Waals surface area contributed by atoms with Gasteiger partial charge in [0.25, 0.3) is 0 Å². The molecule has 0 saturated carbocycles. The van der Waals surface area contributed by atoms with Crippen molar-refractivity contribution in [1.29, 1.82) is 0 Å². The van der Waals surface area contributed by atoms with Gasteiger partial charge in [0.15, 0.2) is 0 Å². The molecule has 0 bridgehead atoms. The normalized spacial score (nSPS) is 12.6. The summed E-state index contributed by atoms with van der Waals surface area (Å²) >= 11 is 0. The summed E-state index contributed by atoms with van der Waals surface area (Å²) in [6, 6.07) is 5.14. The highest BCUT2D eigenvalue weighted by Gasteiger charge is 2.16. The van der Waals surface area contributed by atoms with Crippen LogP contribution in [0.4, 0.5) is 4.39 Å². The molecule has 1 N–H and O–H groups in total. The number of rotatable bonds is 4. The lowest BCUT2D eigenvalue weighted by Crippen LogP contribution is -2.17. The van der Waals surface area contributed by atoms with Crippen LogP contribution in [0.15, 0.2) is 35.0 Å². The summed E-state index contributed by atoms with van der Waals surface area (Å²) in [7, 11) is 1.81. The maximum Gasteiger partial charge on any atom is 0.141 e. The maximum atomic E-state index is 13.1. The van der Waals surface area contributed by atoms with Gasteiger partial charge in [-0.2, -0.15) is 0 Å². The molecule has 17 heavy (non-hydrogen) atoms. The summed E-state index contributed by atoms with van der Waals surface area (Å²) in [5, 5.41) is 3.10. The molecule has 1 unspecified atom stereocenters. The average Bonchev–Trinajstić information content (AvgIpc) is 2.79. The second-order valence-corrected chi connectivity index (χ2v) is 3.82. The quantitative estimate of drug-likeness (QED) is 0.883. The van der Waals surface area contributed by atoms with Gasteiger partial charge in [0.1, 0.15) is 17.3 Å². The average molecular weight is 234 g/mol. The second kappa shape index (κ2) is 5.10. The molecule has 0 fully saturated rings. The van der Waals surface area contributed by atoms with E-state index in [9.17, 15) is 4.39 Å². The Morgan fingerprint density at radius 2 is 2.24 bits per heavy atom. The summed E-state index contributed by atoms with van der Waals surface area (Å²) < 4.78 is 18.8. The van der Waals surface area contributed by atoms with Crippen LogP contribution in [0, 0.1) is 5.82 Å². The Balaban J connectivity index is 2.33. The molecular formula is C13H15FN2O. The van der Waals surface area contributed by atoms with Crippen LogP contribution < -0.4 is 5.32 Å². The molecule has 0 aliphatic rings. The van der Waals surface area contributed by atoms with Crippen LogP contribution >= 0.6 is 0 Å². The van der Waals surface area contributed by atoms with E-state index in [4.69, 9.17) is 4.42 Å². The number of halogens is 1. The van der Waals surface area contributed by atoms with E-state index in [2.05, 4.69) is 10.3 Å². The van der Waals surface area contributed by atoms with Gasteiger partial charge in [-0.15, -0.1) is 0 Å². The van der Waals surface area contributed by atoms with Crippen LogP contribution in [-0.2, 0) is 6.42 Å². The third-order valence-electron chi connectivity index (χ3n) is 2.66. The number of hydrogen-bond acceptors (Lipinski definition) is 3. The SMILES string of the molecule is CCc1ccc(C(NC)c2cncc(F)c2)o1. The molecule has 3 nitrogen and oxygen atoms in total. The molecule has 0 radical (unpaired) electrons. The predicted octanol–water partition coefficient (Wildman–Crippen LogP) is 2.68. The summed E-state index contributed by atoms with van der Waals surface area (Å²) in [4.78, 5) is 3.85. The van der Waals surface area contributed by atoms with Crippen LogP contribution in [0.1, 0.15) is 30.0 Å². The molecule has 1 atom stereocenters. The van der Waals surface area contributed by atoms with Crippen LogP contribution in [0.3, 0.4) is 0 Å². The molecule has 0 saturated heterocycles. The molecule has 0 aliphatic carbocycles. The van der Waals surface area contributed by atoms with Gasteiger partial charge in [0.05, 0.1) is 12.2 Å². The summed E-state index contributed by atoms with van der Waals surface area (Å²) in [5.74, 6) is 1.35. The van der Waals surface area contributed by atoms with E-state index in [1.54, 1.807) is 6.20 Å². The number of aryl methyl sites for hydroxylation is 1. The molecule has 4 heteroatoms. The Morgan fingerprint density at radius 1 is 1.41 bits per heavy atom. The van der Waals surface area contributed by atoms with E-state index in [1.165, 1.54) is 12.3 Å². The second-order valence-electron chi connectivity index (χ2n) is 3.82. The number of nitrogens with zero attached hydrogens (tertiary/aromatic N) is 1. The van der Waals surface area contributed by atoms with Crippen molar-refractivity contribution < 1.29 is 8.81 Å². The van der Waals surface area contributed by atoms with Crippen molar-refractivity contribution in [2.75, 3.05) is 7.05 Å². The van der Waals surface area contributed by atoms with Gasteiger partial charge in [-0.1, -0.05) is 6.92 Å². The minimum atomic E-state index is -0.343. The Hall–Kier alpha value is -1.68. The van der Waals surface area contributed by atoms with Crippen molar-refractivity contribution in [2.24, 2.45) is 0 Å². The van der Waals surface area contributed by atoms with Crippen LogP contribution in [0.5, 0.6) is 0 Å². The van der Waals surface area contributed by atoms with Gasteiger partial charge in [-0.25, -0.2) is 4.39 Å². The van der Waals surface area contributed by atoms with Crippen molar-refractivity contribution in [3.63, 3.8) is 0 Å². The third-order valence-corrected chi connectivity index (χ3v) is 2.66. The van der Waals surface area contributed by atoms with Crippen molar-refractivity contribution in [1.82, 2.24) is 10.3 Å². The fourth-order valence-electron chi connectivity index (χ4n) is 1.80. The standard InChI is InChI=1S/C13H15FN2O/c1-3-11-4-5-12(17-11)13(15-2)9-6-10(14)8-16-7-9/h4-8,13,15H,3H2,1-2H3. The van der Waals surface area contributed by atoms with E-state index in [0.29, 0.717) is 0 Å². The first-order valence-electron chi connectivity index (χ1n) is 5.61. The minimum absolute atomic E-state index is 0.168. The molecule has 0 spiro atoms. The largest absolute Gasteiger partial charge is 0.464 e. The van der Waals surface area contributed by atoms with E-state index in [0.717, 1.165) is 23.5 Å². The maximum absolute atomic E-state index is 13.1. The van der Waals surface area contributed by atoms with E-state index < -0.39 is 0 Å². The number of furan rings is 1. The van der Waals surface area contributed by atoms with Gasteiger partial charge in [0, 0.05) is 12.6 Å². The zero-order valence-corrected chi connectivity index (χ0v) is 9.90. The highest BCUT2D eigenvalue weighted by molar-refractivity contribution is 5.25. The molecule has 2 aromatic heterocycles. The van der Waals surface area contributed by atoms with Crippen molar-refractivity contribution >= 4 is 0 Å².